The number of hydrogen-bond donors (Lipinski definition) is 0. The van der Waals surface area contributed by atoms with Gasteiger partial charge in [-0.25, -0.2) is 0 Å². The Morgan fingerprint density at radius 2 is 2.09 bits per heavy atom. The van der Waals surface area contributed by atoms with Crippen molar-refractivity contribution in [2.24, 2.45) is 5.41 Å². The molecular weight excluding hydrogens is 138 g/mol. The van der Waals surface area contributed by atoms with Gasteiger partial charge in [0.25, 0.3) is 0 Å². The molecule has 1 aliphatic rings. The van der Waals surface area contributed by atoms with E-state index in [4.69, 9.17) is 10.00 Å². The lowest BCUT2D eigenvalue weighted by Crippen LogP contribution is -2.21. The number of nitriles is 1. The molecule has 0 aromatic carbocycles. The second-order valence-corrected chi connectivity index (χ2v) is 3.24. The first kappa shape index (κ1) is 8.55. The van der Waals surface area contributed by atoms with Crippen molar-refractivity contribution in [3.8, 4) is 6.07 Å². The SMILES string of the molecule is CCOCC1(C#N)CCCC1. The molecule has 0 aliphatic heterocycles. The summed E-state index contributed by atoms with van der Waals surface area (Å²) in [6.07, 6.45) is 4.45. The summed E-state index contributed by atoms with van der Waals surface area (Å²) in [7, 11) is 0. The maximum absolute atomic E-state index is 8.91. The molecule has 0 amide bonds. The van der Waals surface area contributed by atoms with E-state index in [1.165, 1.54) is 12.8 Å². The van der Waals surface area contributed by atoms with E-state index in [9.17, 15) is 0 Å². The fraction of sp³-hybridized carbons (Fsp3) is 0.889. The molecule has 0 N–H and O–H groups in total. The van der Waals surface area contributed by atoms with Crippen LogP contribution in [0.3, 0.4) is 0 Å². The first-order valence-electron chi connectivity index (χ1n) is 4.32. The Morgan fingerprint density at radius 1 is 1.45 bits per heavy atom. The van der Waals surface area contributed by atoms with Gasteiger partial charge < -0.3 is 4.74 Å². The lowest BCUT2D eigenvalue weighted by molar-refractivity contribution is 0.0834. The number of ether oxygens (including phenoxy) is 1. The van der Waals surface area contributed by atoms with Gasteiger partial charge in [0.05, 0.1) is 18.1 Å². The van der Waals surface area contributed by atoms with Crippen LogP contribution in [-0.2, 0) is 4.74 Å². The van der Waals surface area contributed by atoms with Crippen LogP contribution < -0.4 is 0 Å². The van der Waals surface area contributed by atoms with Crippen LogP contribution in [0, 0.1) is 16.7 Å². The Kier molecular flexibility index (Phi) is 2.90. The predicted molar refractivity (Wildman–Crippen MR) is 43.0 cm³/mol. The minimum atomic E-state index is -0.129. The van der Waals surface area contributed by atoms with E-state index >= 15 is 0 Å². The minimum absolute atomic E-state index is 0.129. The van der Waals surface area contributed by atoms with Gasteiger partial charge in [-0.3, -0.25) is 0 Å². The van der Waals surface area contributed by atoms with Crippen LogP contribution in [-0.4, -0.2) is 13.2 Å². The van der Waals surface area contributed by atoms with Crippen LogP contribution in [0.4, 0.5) is 0 Å². The highest BCUT2D eigenvalue weighted by molar-refractivity contribution is 5.01. The summed E-state index contributed by atoms with van der Waals surface area (Å²) in [6.45, 7) is 3.34. The van der Waals surface area contributed by atoms with Crippen LogP contribution >= 0.6 is 0 Å². The van der Waals surface area contributed by atoms with Gasteiger partial charge in [-0.2, -0.15) is 5.26 Å². The van der Waals surface area contributed by atoms with Crippen LogP contribution in [0.2, 0.25) is 0 Å². The lowest BCUT2D eigenvalue weighted by Gasteiger charge is -2.18. The molecule has 0 spiro atoms. The zero-order valence-corrected chi connectivity index (χ0v) is 7.10. The highest BCUT2D eigenvalue weighted by atomic mass is 16.5. The molecule has 0 heterocycles. The summed E-state index contributed by atoms with van der Waals surface area (Å²) >= 11 is 0. The minimum Gasteiger partial charge on any atom is -0.380 e. The van der Waals surface area contributed by atoms with Crippen molar-refractivity contribution in [1.82, 2.24) is 0 Å². The topological polar surface area (TPSA) is 33.0 Å². The highest BCUT2D eigenvalue weighted by Crippen LogP contribution is 2.37. The molecule has 0 saturated heterocycles. The van der Waals surface area contributed by atoms with Crippen molar-refractivity contribution < 1.29 is 4.74 Å². The highest BCUT2D eigenvalue weighted by Gasteiger charge is 2.33. The van der Waals surface area contributed by atoms with Crippen LogP contribution in [0.1, 0.15) is 32.6 Å². The molecule has 11 heavy (non-hydrogen) atoms. The van der Waals surface area contributed by atoms with Crippen molar-refractivity contribution in [2.75, 3.05) is 13.2 Å². The fourth-order valence-corrected chi connectivity index (χ4v) is 1.64. The summed E-state index contributed by atoms with van der Waals surface area (Å²) < 4.78 is 5.29. The van der Waals surface area contributed by atoms with Crippen molar-refractivity contribution >= 4 is 0 Å². The molecule has 1 aliphatic carbocycles. The first-order chi connectivity index (χ1) is 5.33. The molecule has 1 fully saturated rings. The Hall–Kier alpha value is -0.550. The summed E-state index contributed by atoms with van der Waals surface area (Å²) in [6, 6.07) is 2.39. The van der Waals surface area contributed by atoms with Gasteiger partial charge in [-0.05, 0) is 19.8 Å². The fourth-order valence-electron chi connectivity index (χ4n) is 1.64. The Morgan fingerprint density at radius 3 is 2.55 bits per heavy atom. The maximum atomic E-state index is 8.91. The normalized spacial score (nSPS) is 21.5. The third-order valence-electron chi connectivity index (χ3n) is 2.38. The van der Waals surface area contributed by atoms with E-state index in [1.807, 2.05) is 6.92 Å². The van der Waals surface area contributed by atoms with Gasteiger partial charge in [0.2, 0.25) is 0 Å². The average molecular weight is 153 g/mol. The third kappa shape index (κ3) is 1.94. The van der Waals surface area contributed by atoms with E-state index < -0.39 is 0 Å². The molecule has 0 unspecified atom stereocenters. The van der Waals surface area contributed by atoms with E-state index in [0.717, 1.165) is 19.4 Å². The van der Waals surface area contributed by atoms with Crippen LogP contribution in [0.5, 0.6) is 0 Å². The number of hydrogen-bond acceptors (Lipinski definition) is 2. The van der Waals surface area contributed by atoms with E-state index in [0.29, 0.717) is 6.61 Å². The first-order valence-corrected chi connectivity index (χ1v) is 4.32. The van der Waals surface area contributed by atoms with Gasteiger partial charge in [-0.1, -0.05) is 12.8 Å². The second kappa shape index (κ2) is 3.73. The van der Waals surface area contributed by atoms with Gasteiger partial charge in [0.15, 0.2) is 0 Å². The number of rotatable bonds is 3. The van der Waals surface area contributed by atoms with Gasteiger partial charge in [0, 0.05) is 6.61 Å². The Bertz CT molecular complexity index is 153. The Balaban J connectivity index is 2.41. The molecule has 0 aromatic rings. The van der Waals surface area contributed by atoms with Crippen molar-refractivity contribution in [2.45, 2.75) is 32.6 Å². The van der Waals surface area contributed by atoms with Gasteiger partial charge >= 0.3 is 0 Å². The van der Waals surface area contributed by atoms with Crippen LogP contribution in [0.25, 0.3) is 0 Å². The Labute approximate surface area is 68.2 Å². The molecule has 2 nitrogen and oxygen atoms in total. The monoisotopic (exact) mass is 153 g/mol. The molecule has 1 rings (SSSR count). The number of nitrogens with zero attached hydrogens (tertiary/aromatic N) is 1. The standard InChI is InChI=1S/C9H15NO/c1-2-11-8-9(7-10)5-3-4-6-9/h2-6,8H2,1H3. The largest absolute Gasteiger partial charge is 0.380 e. The van der Waals surface area contributed by atoms with Gasteiger partial charge in [-0.15, -0.1) is 0 Å². The molecule has 0 radical (unpaired) electrons. The lowest BCUT2D eigenvalue weighted by atomic mass is 9.89. The summed E-state index contributed by atoms with van der Waals surface area (Å²) in [5.74, 6) is 0. The zero-order valence-electron chi connectivity index (χ0n) is 7.10. The summed E-state index contributed by atoms with van der Waals surface area (Å²) in [4.78, 5) is 0. The predicted octanol–water partition coefficient (Wildman–Crippen LogP) is 2.11. The molecule has 1 saturated carbocycles. The second-order valence-electron chi connectivity index (χ2n) is 3.24. The molecule has 62 valence electrons. The van der Waals surface area contributed by atoms with Crippen molar-refractivity contribution in [3.63, 3.8) is 0 Å². The van der Waals surface area contributed by atoms with E-state index in [-0.39, 0.29) is 5.41 Å². The van der Waals surface area contributed by atoms with Crippen molar-refractivity contribution in [1.29, 1.82) is 5.26 Å². The summed E-state index contributed by atoms with van der Waals surface area (Å²) in [5.41, 5.74) is -0.129. The molecule has 0 aromatic heterocycles. The molecule has 0 atom stereocenters. The molecular formula is C9H15NO. The van der Waals surface area contributed by atoms with Gasteiger partial charge in [0.1, 0.15) is 0 Å². The van der Waals surface area contributed by atoms with E-state index in [2.05, 4.69) is 6.07 Å². The summed E-state index contributed by atoms with van der Waals surface area (Å²) in [5, 5.41) is 8.91. The zero-order chi connectivity index (χ0) is 8.16. The average Bonchev–Trinajstić information content (AvgIpc) is 2.50. The third-order valence-corrected chi connectivity index (χ3v) is 2.38. The smallest absolute Gasteiger partial charge is 0.0806 e. The molecule has 0 bridgehead atoms. The van der Waals surface area contributed by atoms with Crippen molar-refractivity contribution in [3.05, 3.63) is 0 Å². The maximum Gasteiger partial charge on any atom is 0.0806 e. The quantitative estimate of drug-likeness (QED) is 0.622. The molecule has 2 heteroatoms. The van der Waals surface area contributed by atoms with E-state index in [1.54, 1.807) is 0 Å². The van der Waals surface area contributed by atoms with Crippen LogP contribution in [0.15, 0.2) is 0 Å².